The molecule has 3 aromatic rings. The number of aromatic nitrogens is 2. The summed E-state index contributed by atoms with van der Waals surface area (Å²) in [6.07, 6.45) is 6.89. The van der Waals surface area contributed by atoms with Crippen molar-refractivity contribution in [2.45, 2.75) is 31.7 Å². The van der Waals surface area contributed by atoms with E-state index in [0.29, 0.717) is 11.1 Å². The number of pyridine rings is 1. The van der Waals surface area contributed by atoms with E-state index in [4.69, 9.17) is 28.2 Å². The van der Waals surface area contributed by atoms with E-state index in [-0.39, 0.29) is 0 Å². The Kier molecular flexibility index (Phi) is 3.92. The first kappa shape index (κ1) is 14.9. The largest absolute Gasteiger partial charge is 0.367 e. The van der Waals surface area contributed by atoms with Crippen molar-refractivity contribution in [3.05, 3.63) is 52.6 Å². The fourth-order valence-corrected chi connectivity index (χ4v) is 3.52. The zero-order valence-corrected chi connectivity index (χ0v) is 14.1. The summed E-state index contributed by atoms with van der Waals surface area (Å²) in [5.74, 6) is 1.01. The number of halogens is 2. The molecule has 5 heteroatoms. The molecular weight excluding hydrogens is 329 g/mol. The molecule has 0 spiro atoms. The van der Waals surface area contributed by atoms with Crippen LogP contribution in [0.4, 0.5) is 5.82 Å². The number of hydrogen-bond acceptors (Lipinski definition) is 2. The van der Waals surface area contributed by atoms with Gasteiger partial charge in [0.05, 0.1) is 5.02 Å². The number of hydrogen-bond donors (Lipinski definition) is 1. The topological polar surface area (TPSA) is 29.3 Å². The van der Waals surface area contributed by atoms with Gasteiger partial charge in [-0.05, 0) is 37.1 Å². The molecule has 1 aliphatic carbocycles. The number of rotatable bonds is 3. The summed E-state index contributed by atoms with van der Waals surface area (Å²) < 4.78 is 2.05. The fraction of sp³-hybridized carbons (Fsp3) is 0.278. The minimum absolute atomic E-state index is 0.500. The molecule has 0 saturated heterocycles. The average molecular weight is 346 g/mol. The van der Waals surface area contributed by atoms with E-state index in [1.54, 1.807) is 0 Å². The van der Waals surface area contributed by atoms with Crippen LogP contribution >= 0.6 is 23.2 Å². The highest BCUT2D eigenvalue weighted by Crippen LogP contribution is 2.33. The van der Waals surface area contributed by atoms with Gasteiger partial charge in [0.1, 0.15) is 17.2 Å². The quantitative estimate of drug-likeness (QED) is 0.663. The van der Waals surface area contributed by atoms with E-state index >= 15 is 0 Å². The summed E-state index contributed by atoms with van der Waals surface area (Å²) >= 11 is 12.2. The Hall–Kier alpha value is -1.71. The van der Waals surface area contributed by atoms with Gasteiger partial charge < -0.3 is 5.32 Å². The molecule has 1 aliphatic rings. The van der Waals surface area contributed by atoms with Gasteiger partial charge >= 0.3 is 0 Å². The molecule has 2 heterocycles. The summed E-state index contributed by atoms with van der Waals surface area (Å²) in [5, 5.41) is 5.11. The van der Waals surface area contributed by atoms with Crippen LogP contribution in [0.3, 0.4) is 0 Å². The SMILES string of the molecule is Clc1ccc(-c2nc3ccc(Cl)cn3c2NC2CCCC2)cc1. The Balaban J connectivity index is 1.85. The molecule has 1 fully saturated rings. The third kappa shape index (κ3) is 2.91. The fourth-order valence-electron chi connectivity index (χ4n) is 3.23. The predicted octanol–water partition coefficient (Wildman–Crippen LogP) is 5.66. The van der Waals surface area contributed by atoms with Crippen molar-refractivity contribution in [2.24, 2.45) is 0 Å². The van der Waals surface area contributed by atoms with E-state index in [1.165, 1.54) is 25.7 Å². The number of imidazole rings is 1. The summed E-state index contributed by atoms with van der Waals surface area (Å²) in [6.45, 7) is 0. The Labute approximate surface area is 145 Å². The van der Waals surface area contributed by atoms with Crippen LogP contribution in [-0.2, 0) is 0 Å². The van der Waals surface area contributed by atoms with E-state index in [0.717, 1.165) is 27.7 Å². The van der Waals surface area contributed by atoms with Crippen LogP contribution in [0.15, 0.2) is 42.6 Å². The van der Waals surface area contributed by atoms with Crippen LogP contribution < -0.4 is 5.32 Å². The Morgan fingerprint density at radius 2 is 1.65 bits per heavy atom. The lowest BCUT2D eigenvalue weighted by molar-refractivity contribution is 0.749. The van der Waals surface area contributed by atoms with E-state index in [9.17, 15) is 0 Å². The molecule has 1 aromatic carbocycles. The van der Waals surface area contributed by atoms with Gasteiger partial charge in [0.2, 0.25) is 0 Å². The van der Waals surface area contributed by atoms with Crippen molar-refractivity contribution < 1.29 is 0 Å². The third-order valence-electron chi connectivity index (χ3n) is 4.40. The molecule has 1 N–H and O–H groups in total. The molecule has 1 saturated carbocycles. The number of benzene rings is 1. The van der Waals surface area contributed by atoms with Crippen molar-refractivity contribution in [1.29, 1.82) is 0 Å². The average Bonchev–Trinajstić information content (AvgIpc) is 3.17. The first-order valence-corrected chi connectivity index (χ1v) is 8.66. The number of anilines is 1. The second kappa shape index (κ2) is 6.06. The van der Waals surface area contributed by atoms with Gasteiger partial charge in [-0.25, -0.2) is 4.98 Å². The van der Waals surface area contributed by atoms with Gasteiger partial charge in [-0.1, -0.05) is 48.2 Å². The van der Waals surface area contributed by atoms with Crippen molar-refractivity contribution in [1.82, 2.24) is 9.38 Å². The zero-order chi connectivity index (χ0) is 15.8. The maximum atomic E-state index is 6.19. The van der Waals surface area contributed by atoms with E-state index < -0.39 is 0 Å². The predicted molar refractivity (Wildman–Crippen MR) is 96.5 cm³/mol. The van der Waals surface area contributed by atoms with Gasteiger partial charge in [0.15, 0.2) is 0 Å². The summed E-state index contributed by atoms with van der Waals surface area (Å²) in [5.41, 5.74) is 2.88. The maximum absolute atomic E-state index is 6.19. The van der Waals surface area contributed by atoms with Crippen molar-refractivity contribution >= 4 is 34.7 Å². The van der Waals surface area contributed by atoms with Crippen LogP contribution in [0.25, 0.3) is 16.9 Å². The molecule has 0 radical (unpaired) electrons. The van der Waals surface area contributed by atoms with Gasteiger partial charge in [0, 0.05) is 22.8 Å². The zero-order valence-electron chi connectivity index (χ0n) is 12.6. The molecule has 0 amide bonds. The lowest BCUT2D eigenvalue weighted by Gasteiger charge is -2.15. The highest BCUT2D eigenvalue weighted by molar-refractivity contribution is 6.30. The van der Waals surface area contributed by atoms with Crippen LogP contribution in [0.5, 0.6) is 0 Å². The third-order valence-corrected chi connectivity index (χ3v) is 4.87. The Morgan fingerprint density at radius 3 is 2.39 bits per heavy atom. The summed E-state index contributed by atoms with van der Waals surface area (Å²) in [7, 11) is 0. The monoisotopic (exact) mass is 345 g/mol. The highest BCUT2D eigenvalue weighted by Gasteiger charge is 2.20. The van der Waals surface area contributed by atoms with Crippen LogP contribution in [0, 0.1) is 0 Å². The highest BCUT2D eigenvalue weighted by atomic mass is 35.5. The lowest BCUT2D eigenvalue weighted by atomic mass is 10.1. The van der Waals surface area contributed by atoms with Gasteiger partial charge in [-0.15, -0.1) is 0 Å². The second-order valence-electron chi connectivity index (χ2n) is 6.02. The number of fused-ring (bicyclic) bond motifs is 1. The smallest absolute Gasteiger partial charge is 0.139 e. The second-order valence-corrected chi connectivity index (χ2v) is 6.89. The molecule has 3 nitrogen and oxygen atoms in total. The summed E-state index contributed by atoms with van der Waals surface area (Å²) in [4.78, 5) is 4.79. The van der Waals surface area contributed by atoms with Gasteiger partial charge in [-0.2, -0.15) is 0 Å². The Bertz CT molecular complexity index is 833. The molecule has 23 heavy (non-hydrogen) atoms. The van der Waals surface area contributed by atoms with Gasteiger partial charge in [0.25, 0.3) is 0 Å². The minimum Gasteiger partial charge on any atom is -0.367 e. The first-order valence-electron chi connectivity index (χ1n) is 7.91. The van der Waals surface area contributed by atoms with Crippen LogP contribution in [0.2, 0.25) is 10.0 Å². The van der Waals surface area contributed by atoms with Gasteiger partial charge in [-0.3, -0.25) is 4.40 Å². The van der Waals surface area contributed by atoms with Crippen LogP contribution in [0.1, 0.15) is 25.7 Å². The van der Waals surface area contributed by atoms with Crippen molar-refractivity contribution in [3.63, 3.8) is 0 Å². The minimum atomic E-state index is 0.500. The molecule has 0 unspecified atom stereocenters. The van der Waals surface area contributed by atoms with E-state index in [1.807, 2.05) is 47.0 Å². The normalized spacial score (nSPS) is 15.4. The molecule has 0 aliphatic heterocycles. The lowest BCUT2D eigenvalue weighted by Crippen LogP contribution is -2.16. The summed E-state index contributed by atoms with van der Waals surface area (Å²) in [6, 6.07) is 12.1. The molecule has 2 aromatic heterocycles. The molecule has 118 valence electrons. The van der Waals surface area contributed by atoms with E-state index in [2.05, 4.69) is 5.32 Å². The first-order chi connectivity index (χ1) is 11.2. The van der Waals surface area contributed by atoms with Crippen molar-refractivity contribution in [3.8, 4) is 11.3 Å². The Morgan fingerprint density at radius 1 is 0.957 bits per heavy atom. The molecular formula is C18H17Cl2N3. The number of nitrogens with one attached hydrogen (secondary N) is 1. The molecule has 0 bridgehead atoms. The molecule has 0 atom stereocenters. The number of nitrogens with zero attached hydrogens (tertiary/aromatic N) is 2. The van der Waals surface area contributed by atoms with Crippen LogP contribution in [-0.4, -0.2) is 15.4 Å². The standard InChI is InChI=1S/C18H17Cl2N3/c19-13-7-5-12(6-8-13)17-18(21-15-3-1-2-4-15)23-11-14(20)9-10-16(23)22-17/h5-11,15,21H,1-4H2. The maximum Gasteiger partial charge on any atom is 0.139 e. The molecule has 4 rings (SSSR count). The van der Waals surface area contributed by atoms with Crippen molar-refractivity contribution in [2.75, 3.05) is 5.32 Å².